The summed E-state index contributed by atoms with van der Waals surface area (Å²) in [7, 11) is -4.17. The standard InChI is InChI=1S/C30H35Cl2N3O4S/c1-4-6-18-33-30(37)28(5-2)34(20-23-11-7-8-13-27(23)32)29(36)21-35(25-12-9-10-22(3)19-25)40(38,39)26-16-14-24(31)15-17-26/h7-17,19,28H,4-6,18,20-21H2,1-3H3,(H,33,37)/t28-/m1/s1. The number of nitrogens with zero attached hydrogens (tertiary/aromatic N) is 2. The maximum absolute atomic E-state index is 14.1. The zero-order chi connectivity index (χ0) is 29.3. The predicted molar refractivity (Wildman–Crippen MR) is 161 cm³/mol. The van der Waals surface area contributed by atoms with E-state index in [4.69, 9.17) is 23.2 Å². The Morgan fingerprint density at radius 3 is 2.27 bits per heavy atom. The molecule has 0 aromatic heterocycles. The third-order valence-electron chi connectivity index (χ3n) is 6.48. The fourth-order valence-corrected chi connectivity index (χ4v) is 6.01. The number of hydrogen-bond donors (Lipinski definition) is 1. The number of aryl methyl sites for hydroxylation is 1. The fourth-order valence-electron chi connectivity index (χ4n) is 4.28. The van der Waals surface area contributed by atoms with Crippen molar-refractivity contribution in [2.75, 3.05) is 17.4 Å². The number of benzene rings is 3. The van der Waals surface area contributed by atoms with Gasteiger partial charge < -0.3 is 10.2 Å². The SMILES string of the molecule is CCCCNC(=O)[C@@H](CC)N(Cc1ccccc1Cl)C(=O)CN(c1cccc(C)c1)S(=O)(=O)c1ccc(Cl)cc1. The molecule has 10 heteroatoms. The van der Waals surface area contributed by atoms with Crippen LogP contribution in [0.5, 0.6) is 0 Å². The molecule has 0 aliphatic heterocycles. The fraction of sp³-hybridized carbons (Fsp3) is 0.333. The van der Waals surface area contributed by atoms with Crippen LogP contribution in [0, 0.1) is 6.92 Å². The Kier molecular flexibility index (Phi) is 11.4. The predicted octanol–water partition coefficient (Wildman–Crippen LogP) is 6.22. The lowest BCUT2D eigenvalue weighted by molar-refractivity contribution is -0.140. The Labute approximate surface area is 247 Å². The van der Waals surface area contributed by atoms with Crippen LogP contribution in [-0.4, -0.2) is 44.3 Å². The molecule has 1 atom stereocenters. The summed E-state index contributed by atoms with van der Waals surface area (Å²) in [6.07, 6.45) is 2.05. The van der Waals surface area contributed by atoms with E-state index in [9.17, 15) is 18.0 Å². The minimum atomic E-state index is -4.17. The first-order chi connectivity index (χ1) is 19.1. The van der Waals surface area contributed by atoms with Gasteiger partial charge in [-0.05, 0) is 73.4 Å². The molecule has 0 bridgehead atoms. The molecule has 0 saturated carbocycles. The van der Waals surface area contributed by atoms with Crippen molar-refractivity contribution in [2.24, 2.45) is 0 Å². The number of anilines is 1. The lowest BCUT2D eigenvalue weighted by atomic mass is 10.1. The summed E-state index contributed by atoms with van der Waals surface area (Å²) in [6.45, 7) is 5.70. The molecule has 3 aromatic carbocycles. The third kappa shape index (κ3) is 7.99. The second-order valence-electron chi connectivity index (χ2n) is 9.49. The van der Waals surface area contributed by atoms with E-state index in [0.717, 1.165) is 22.7 Å². The second kappa shape index (κ2) is 14.5. The molecule has 0 spiro atoms. The Morgan fingerprint density at radius 2 is 1.65 bits per heavy atom. The molecule has 3 aromatic rings. The Hall–Kier alpha value is -3.07. The number of hydrogen-bond acceptors (Lipinski definition) is 4. The monoisotopic (exact) mass is 603 g/mol. The van der Waals surface area contributed by atoms with Crippen LogP contribution in [-0.2, 0) is 26.2 Å². The molecule has 0 radical (unpaired) electrons. The van der Waals surface area contributed by atoms with E-state index >= 15 is 0 Å². The topological polar surface area (TPSA) is 86.8 Å². The van der Waals surface area contributed by atoms with Gasteiger partial charge in [0, 0.05) is 23.1 Å². The van der Waals surface area contributed by atoms with Crippen LogP contribution in [0.15, 0.2) is 77.7 Å². The van der Waals surface area contributed by atoms with Crippen molar-refractivity contribution in [1.29, 1.82) is 0 Å². The normalized spacial score (nSPS) is 12.0. The number of amides is 2. The number of halogens is 2. The zero-order valence-electron chi connectivity index (χ0n) is 22.9. The first-order valence-corrected chi connectivity index (χ1v) is 15.4. The molecule has 40 heavy (non-hydrogen) atoms. The van der Waals surface area contributed by atoms with Crippen LogP contribution in [0.3, 0.4) is 0 Å². The smallest absolute Gasteiger partial charge is 0.264 e. The van der Waals surface area contributed by atoms with Crippen LogP contribution < -0.4 is 9.62 Å². The van der Waals surface area contributed by atoms with Crippen molar-refractivity contribution in [2.45, 2.75) is 57.5 Å². The lowest BCUT2D eigenvalue weighted by Crippen LogP contribution is -2.52. The number of carbonyl (C=O) groups is 2. The Bertz CT molecular complexity index is 1410. The van der Waals surface area contributed by atoms with Crippen LogP contribution in [0.1, 0.15) is 44.2 Å². The molecule has 2 amide bonds. The van der Waals surface area contributed by atoms with Crippen LogP contribution >= 0.6 is 23.2 Å². The number of nitrogens with one attached hydrogen (secondary N) is 1. The molecule has 1 N–H and O–H groups in total. The zero-order valence-corrected chi connectivity index (χ0v) is 25.3. The quantitative estimate of drug-likeness (QED) is 0.235. The summed E-state index contributed by atoms with van der Waals surface area (Å²) >= 11 is 12.4. The average Bonchev–Trinajstić information content (AvgIpc) is 2.92. The Morgan fingerprint density at radius 1 is 0.950 bits per heavy atom. The van der Waals surface area contributed by atoms with Crippen LogP contribution in [0.4, 0.5) is 5.69 Å². The number of sulfonamides is 1. The summed E-state index contributed by atoms with van der Waals surface area (Å²) in [6, 6.07) is 19.0. The van der Waals surface area contributed by atoms with E-state index in [-0.39, 0.29) is 17.3 Å². The minimum absolute atomic E-state index is 0.00629. The second-order valence-corrected chi connectivity index (χ2v) is 12.2. The van der Waals surface area contributed by atoms with Crippen molar-refractivity contribution in [1.82, 2.24) is 10.2 Å². The van der Waals surface area contributed by atoms with Crippen molar-refractivity contribution in [3.05, 3.63) is 94.0 Å². The maximum atomic E-state index is 14.1. The third-order valence-corrected chi connectivity index (χ3v) is 8.89. The van der Waals surface area contributed by atoms with E-state index < -0.39 is 28.5 Å². The molecule has 0 aliphatic rings. The van der Waals surface area contributed by atoms with Gasteiger partial charge in [0.1, 0.15) is 12.6 Å². The van der Waals surface area contributed by atoms with Gasteiger partial charge in [-0.25, -0.2) is 8.42 Å². The molecule has 0 aliphatic carbocycles. The first-order valence-electron chi connectivity index (χ1n) is 13.2. The summed E-state index contributed by atoms with van der Waals surface area (Å²) < 4.78 is 28.8. The molecular weight excluding hydrogens is 569 g/mol. The van der Waals surface area contributed by atoms with Crippen LogP contribution in [0.2, 0.25) is 10.0 Å². The highest BCUT2D eigenvalue weighted by molar-refractivity contribution is 7.92. The van der Waals surface area contributed by atoms with Gasteiger partial charge in [-0.1, -0.05) is 73.8 Å². The molecule has 7 nitrogen and oxygen atoms in total. The van der Waals surface area contributed by atoms with Gasteiger partial charge in [0.05, 0.1) is 10.6 Å². The van der Waals surface area contributed by atoms with Crippen molar-refractivity contribution < 1.29 is 18.0 Å². The van der Waals surface area contributed by atoms with E-state index in [2.05, 4.69) is 5.32 Å². The molecule has 0 heterocycles. The molecule has 0 fully saturated rings. The van der Waals surface area contributed by atoms with Gasteiger partial charge in [-0.3, -0.25) is 13.9 Å². The minimum Gasteiger partial charge on any atom is -0.354 e. The molecule has 3 rings (SSSR count). The summed E-state index contributed by atoms with van der Waals surface area (Å²) in [5.41, 5.74) is 1.82. The highest BCUT2D eigenvalue weighted by Crippen LogP contribution is 2.27. The molecule has 0 unspecified atom stereocenters. The Balaban J connectivity index is 2.05. The van der Waals surface area contributed by atoms with Gasteiger partial charge in [0.25, 0.3) is 10.0 Å². The largest absolute Gasteiger partial charge is 0.354 e. The number of unbranched alkanes of at least 4 members (excludes halogenated alkanes) is 1. The van der Waals surface area contributed by atoms with Gasteiger partial charge in [-0.2, -0.15) is 0 Å². The summed E-state index contributed by atoms with van der Waals surface area (Å²) in [5, 5.41) is 3.76. The number of rotatable bonds is 13. The van der Waals surface area contributed by atoms with Crippen molar-refractivity contribution in [3.8, 4) is 0 Å². The van der Waals surface area contributed by atoms with Crippen LogP contribution in [0.25, 0.3) is 0 Å². The van der Waals surface area contributed by atoms with E-state index in [1.807, 2.05) is 26.8 Å². The van der Waals surface area contributed by atoms with E-state index in [1.165, 1.54) is 29.2 Å². The first kappa shape index (κ1) is 31.5. The highest BCUT2D eigenvalue weighted by Gasteiger charge is 2.34. The van der Waals surface area contributed by atoms with Crippen molar-refractivity contribution >= 4 is 50.7 Å². The summed E-state index contributed by atoms with van der Waals surface area (Å²) in [5.74, 6) is -0.824. The maximum Gasteiger partial charge on any atom is 0.264 e. The molecule has 0 saturated heterocycles. The number of carbonyl (C=O) groups excluding carboxylic acids is 2. The molecular formula is C30H35Cl2N3O4S. The average molecular weight is 605 g/mol. The van der Waals surface area contributed by atoms with Gasteiger partial charge in [0.2, 0.25) is 11.8 Å². The van der Waals surface area contributed by atoms with E-state index in [1.54, 1.807) is 42.5 Å². The molecule has 214 valence electrons. The van der Waals surface area contributed by atoms with E-state index in [0.29, 0.717) is 34.3 Å². The van der Waals surface area contributed by atoms with Crippen molar-refractivity contribution in [3.63, 3.8) is 0 Å². The lowest BCUT2D eigenvalue weighted by Gasteiger charge is -2.33. The van der Waals surface area contributed by atoms with Gasteiger partial charge >= 0.3 is 0 Å². The van der Waals surface area contributed by atoms with Gasteiger partial charge in [0.15, 0.2) is 0 Å². The highest BCUT2D eigenvalue weighted by atomic mass is 35.5. The summed E-state index contributed by atoms with van der Waals surface area (Å²) in [4.78, 5) is 28.7. The van der Waals surface area contributed by atoms with Gasteiger partial charge in [-0.15, -0.1) is 0 Å².